The summed E-state index contributed by atoms with van der Waals surface area (Å²) >= 11 is 1.53. The maximum Gasteiger partial charge on any atom is 0.333 e. The Hall–Kier alpha value is -1.05. The number of hydrogen-bond acceptors (Lipinski definition) is 7. The Bertz CT molecular complexity index is 719. The summed E-state index contributed by atoms with van der Waals surface area (Å²) in [7, 11) is 1.48. The fraction of sp³-hybridized carbons (Fsp3) is 0.800. The molecule has 2 saturated carbocycles. The van der Waals surface area contributed by atoms with Crippen LogP contribution >= 0.6 is 11.8 Å². The molecule has 1 saturated heterocycles. The van der Waals surface area contributed by atoms with Gasteiger partial charge >= 0.3 is 11.9 Å². The van der Waals surface area contributed by atoms with Gasteiger partial charge in [0.1, 0.15) is 17.0 Å². The lowest BCUT2D eigenvalue weighted by Gasteiger charge is -2.61. The van der Waals surface area contributed by atoms with Crippen molar-refractivity contribution in [3.05, 3.63) is 11.6 Å². The molecule has 7 atom stereocenters. The lowest BCUT2D eigenvalue weighted by Crippen LogP contribution is -2.70. The molecule has 4 rings (SSSR count). The number of fused-ring (bicyclic) bond motifs is 2. The molecule has 0 aromatic rings. The van der Waals surface area contributed by atoms with Gasteiger partial charge in [0.25, 0.3) is 0 Å². The third-order valence-electron chi connectivity index (χ3n) is 7.07. The van der Waals surface area contributed by atoms with Gasteiger partial charge in [-0.2, -0.15) is 0 Å². The van der Waals surface area contributed by atoms with Gasteiger partial charge in [-0.25, -0.2) is 4.79 Å². The minimum Gasteiger partial charge on any atom is -0.459 e. The van der Waals surface area contributed by atoms with Gasteiger partial charge in [0.2, 0.25) is 6.29 Å². The smallest absolute Gasteiger partial charge is 0.333 e. The zero-order chi connectivity index (χ0) is 19.8. The molecule has 0 radical (unpaired) electrons. The molecule has 0 amide bonds. The average Bonchev–Trinajstić information content (AvgIpc) is 2.86. The second kappa shape index (κ2) is 5.97. The molecule has 1 unspecified atom stereocenters. The summed E-state index contributed by atoms with van der Waals surface area (Å²) in [5, 5.41) is 11.7. The molecule has 1 N–H and O–H groups in total. The van der Waals surface area contributed by atoms with Gasteiger partial charge in [0.05, 0.1) is 5.41 Å². The number of carbonyl (C=O) groups excluding carboxylic acids is 2. The zero-order valence-corrected chi connectivity index (χ0v) is 17.3. The van der Waals surface area contributed by atoms with Crippen molar-refractivity contribution >= 4 is 23.7 Å². The van der Waals surface area contributed by atoms with Crippen molar-refractivity contribution in [3.8, 4) is 0 Å². The van der Waals surface area contributed by atoms with E-state index in [2.05, 4.69) is 6.92 Å². The van der Waals surface area contributed by atoms with Crippen molar-refractivity contribution in [3.63, 3.8) is 0 Å². The number of ether oxygens (including phenoxy) is 3. The van der Waals surface area contributed by atoms with Gasteiger partial charge in [-0.3, -0.25) is 4.79 Å². The summed E-state index contributed by atoms with van der Waals surface area (Å²) < 4.78 is 15.9. The second-order valence-electron chi connectivity index (χ2n) is 9.00. The van der Waals surface area contributed by atoms with Crippen LogP contribution in [0.15, 0.2) is 11.6 Å². The van der Waals surface area contributed by atoms with Crippen LogP contribution in [0.4, 0.5) is 0 Å². The predicted molar refractivity (Wildman–Crippen MR) is 99.9 cm³/mol. The topological polar surface area (TPSA) is 82.1 Å². The molecule has 0 spiro atoms. The van der Waals surface area contributed by atoms with Crippen molar-refractivity contribution in [2.75, 3.05) is 7.11 Å². The Balaban J connectivity index is 1.97. The van der Waals surface area contributed by atoms with Gasteiger partial charge < -0.3 is 19.3 Å². The third kappa shape index (κ3) is 2.28. The monoisotopic (exact) mass is 396 g/mol. The lowest BCUT2D eigenvalue weighted by molar-refractivity contribution is -0.201. The molecule has 7 heteroatoms. The van der Waals surface area contributed by atoms with Crippen LogP contribution in [0.3, 0.4) is 0 Å². The third-order valence-corrected chi connectivity index (χ3v) is 8.59. The SMILES string of the molecule is CO[C@H]1OC(=O)C=C2C1(SC(C)C)[C@H](O)[C@H]1OC(=O)[C@@]3(C)CCC[C@]2(C)[C@@H]13. The summed E-state index contributed by atoms with van der Waals surface area (Å²) in [6.07, 6.45) is 1.40. The van der Waals surface area contributed by atoms with Crippen LogP contribution in [0, 0.1) is 16.7 Å². The van der Waals surface area contributed by atoms with E-state index >= 15 is 0 Å². The molecule has 2 aliphatic heterocycles. The lowest BCUT2D eigenvalue weighted by atomic mass is 9.47. The molecule has 0 bridgehead atoms. The molecule has 0 aromatic heterocycles. The average molecular weight is 397 g/mol. The van der Waals surface area contributed by atoms with E-state index in [-0.39, 0.29) is 17.1 Å². The van der Waals surface area contributed by atoms with Crippen LogP contribution < -0.4 is 0 Å². The van der Waals surface area contributed by atoms with E-state index in [0.717, 1.165) is 24.8 Å². The van der Waals surface area contributed by atoms with Crippen molar-refractivity contribution in [1.29, 1.82) is 0 Å². The summed E-state index contributed by atoms with van der Waals surface area (Å²) in [6, 6.07) is 0. The second-order valence-corrected chi connectivity index (χ2v) is 10.9. The van der Waals surface area contributed by atoms with Gasteiger partial charge in [-0.15, -0.1) is 11.8 Å². The first-order valence-corrected chi connectivity index (χ1v) is 10.5. The van der Waals surface area contributed by atoms with E-state index in [9.17, 15) is 14.7 Å². The van der Waals surface area contributed by atoms with Crippen LogP contribution in [-0.4, -0.2) is 52.6 Å². The highest BCUT2D eigenvalue weighted by Crippen LogP contribution is 2.69. The molecular weight excluding hydrogens is 368 g/mol. The quantitative estimate of drug-likeness (QED) is 0.734. The van der Waals surface area contributed by atoms with Crippen molar-refractivity contribution in [1.82, 2.24) is 0 Å². The number of aliphatic hydroxyl groups is 1. The van der Waals surface area contributed by atoms with Gasteiger partial charge in [0.15, 0.2) is 0 Å². The maximum absolute atomic E-state index is 12.8. The number of methoxy groups -OCH3 is 1. The number of thioether (sulfide) groups is 1. The molecular formula is C20H28O6S. The van der Waals surface area contributed by atoms with Crippen LogP contribution in [-0.2, 0) is 23.8 Å². The van der Waals surface area contributed by atoms with Gasteiger partial charge in [0, 0.05) is 24.4 Å². The van der Waals surface area contributed by atoms with E-state index in [4.69, 9.17) is 14.2 Å². The Morgan fingerprint density at radius 2 is 1.89 bits per heavy atom. The van der Waals surface area contributed by atoms with Crippen molar-refractivity contribution < 1.29 is 28.9 Å². The summed E-state index contributed by atoms with van der Waals surface area (Å²) in [5.41, 5.74) is -0.242. The predicted octanol–water partition coefficient (Wildman–Crippen LogP) is 2.44. The molecule has 2 aliphatic carbocycles. The van der Waals surface area contributed by atoms with Crippen LogP contribution in [0.5, 0.6) is 0 Å². The first-order chi connectivity index (χ1) is 12.6. The number of carbonyl (C=O) groups is 2. The number of hydrogen-bond donors (Lipinski definition) is 1. The molecule has 27 heavy (non-hydrogen) atoms. The largest absolute Gasteiger partial charge is 0.459 e. The molecule has 4 aliphatic rings. The van der Waals surface area contributed by atoms with Crippen molar-refractivity contribution in [2.45, 2.75) is 75.5 Å². The number of cyclic esters (lactones) is 1. The fourth-order valence-electron chi connectivity index (χ4n) is 6.21. The minimum absolute atomic E-state index is 0.143. The number of aliphatic hydroxyl groups excluding tert-OH is 1. The first kappa shape index (κ1) is 19.3. The Labute approximate surface area is 164 Å². The highest BCUT2D eigenvalue weighted by molar-refractivity contribution is 8.01. The van der Waals surface area contributed by atoms with Crippen LogP contribution in [0.2, 0.25) is 0 Å². The first-order valence-electron chi connectivity index (χ1n) is 9.64. The summed E-state index contributed by atoms with van der Waals surface area (Å²) in [4.78, 5) is 25.2. The molecule has 3 fully saturated rings. The Morgan fingerprint density at radius 1 is 1.22 bits per heavy atom. The maximum atomic E-state index is 12.8. The summed E-state index contributed by atoms with van der Waals surface area (Å²) in [5.74, 6) is -0.870. The van der Waals surface area contributed by atoms with Gasteiger partial charge in [-0.05, 0) is 30.8 Å². The highest BCUT2D eigenvalue weighted by atomic mass is 32.2. The Morgan fingerprint density at radius 3 is 2.52 bits per heavy atom. The van der Waals surface area contributed by atoms with Crippen LogP contribution in [0.1, 0.15) is 47.0 Å². The summed E-state index contributed by atoms with van der Waals surface area (Å²) in [6.45, 7) is 8.13. The minimum atomic E-state index is -1.02. The highest BCUT2D eigenvalue weighted by Gasteiger charge is 2.75. The molecule has 150 valence electrons. The molecule has 6 nitrogen and oxygen atoms in total. The number of esters is 2. The molecule has 0 aromatic carbocycles. The van der Waals surface area contributed by atoms with Crippen molar-refractivity contribution in [2.24, 2.45) is 16.7 Å². The van der Waals surface area contributed by atoms with E-state index in [1.54, 1.807) is 6.08 Å². The zero-order valence-electron chi connectivity index (χ0n) is 16.5. The normalized spacial score (nSPS) is 48.5. The standard InChI is InChI=1S/C20H28O6S/c1-10(2)27-20-11(9-12(21)25-17(20)24-5)18(3)7-6-8-19(4)14(18)13(15(20)22)26-16(19)23/h9-10,13-15,17,22H,6-8H2,1-5H3/t13-,14+,15+,17-,18-,19-,20?/m0/s1. The van der Waals surface area contributed by atoms with Gasteiger partial charge in [-0.1, -0.05) is 27.2 Å². The Kier molecular flexibility index (Phi) is 4.26. The van der Waals surface area contributed by atoms with E-state index in [1.165, 1.54) is 18.9 Å². The fourth-order valence-corrected chi connectivity index (χ4v) is 7.93. The number of rotatable bonds is 3. The van der Waals surface area contributed by atoms with E-state index < -0.39 is 40.0 Å². The van der Waals surface area contributed by atoms with E-state index in [0.29, 0.717) is 0 Å². The molecule has 2 heterocycles. The van der Waals surface area contributed by atoms with E-state index in [1.807, 2.05) is 20.8 Å². The van der Waals surface area contributed by atoms with Crippen LogP contribution in [0.25, 0.3) is 0 Å².